The monoisotopic (exact) mass is 522 g/mol. The number of carbonyl (C=O) groups excluding carboxylic acids is 4. The summed E-state index contributed by atoms with van der Waals surface area (Å²) in [5.74, 6) is -4.00. The maximum absolute atomic E-state index is 12.8. The lowest BCUT2D eigenvalue weighted by Gasteiger charge is -2.56. The number of allylic oxidation sites excluding steroid dienone is 1. The molecule has 1 spiro atoms. The maximum Gasteiger partial charge on any atom is 0.312 e. The fourth-order valence-electron chi connectivity index (χ4n) is 6.80. The van der Waals surface area contributed by atoms with E-state index in [0.717, 1.165) is 5.57 Å². The summed E-state index contributed by atoms with van der Waals surface area (Å²) in [5, 5.41) is 12.4. The smallest absolute Gasteiger partial charge is 0.312 e. The molecule has 3 fully saturated rings. The van der Waals surface area contributed by atoms with E-state index in [4.69, 9.17) is 23.7 Å². The first kappa shape index (κ1) is 27.6. The van der Waals surface area contributed by atoms with Gasteiger partial charge in [-0.05, 0) is 45.6 Å². The van der Waals surface area contributed by atoms with E-state index < -0.39 is 76.7 Å². The Kier molecular flexibility index (Phi) is 7.22. The third-order valence-corrected chi connectivity index (χ3v) is 8.87. The molecule has 2 aliphatic carbocycles. The highest BCUT2D eigenvalue weighted by atomic mass is 16.6. The van der Waals surface area contributed by atoms with Crippen LogP contribution in [0.3, 0.4) is 0 Å². The second-order valence-corrected chi connectivity index (χ2v) is 11.2. The number of hydrogen-bond acceptors (Lipinski definition) is 10. The molecule has 10 nitrogen and oxygen atoms in total. The Bertz CT molecular complexity index is 999. The van der Waals surface area contributed by atoms with Crippen LogP contribution in [0.15, 0.2) is 11.6 Å². The molecule has 37 heavy (non-hydrogen) atoms. The molecule has 2 heterocycles. The van der Waals surface area contributed by atoms with Gasteiger partial charge in [0, 0.05) is 26.2 Å². The third-order valence-electron chi connectivity index (χ3n) is 8.87. The van der Waals surface area contributed by atoms with Crippen molar-refractivity contribution < 1.29 is 48.0 Å². The van der Waals surface area contributed by atoms with Gasteiger partial charge in [-0.2, -0.15) is 0 Å². The van der Waals surface area contributed by atoms with Gasteiger partial charge in [0.2, 0.25) is 0 Å². The summed E-state index contributed by atoms with van der Waals surface area (Å²) < 4.78 is 29.5. The number of hydrogen-bond donors (Lipinski definition) is 1. The van der Waals surface area contributed by atoms with Crippen molar-refractivity contribution in [3.8, 4) is 0 Å². The van der Waals surface area contributed by atoms with Crippen LogP contribution >= 0.6 is 0 Å². The molecule has 1 saturated carbocycles. The standard InChI is InChI=1S/C27H38O10/c1-7-21(30)36-18-9-8-14(2)12-20-27(32,15(3)24(31)37-20)23(35-17(5)29)22-25(18,6)19(34-16(4)28)10-11-26(22)13-33-26/h12,15,18-20,22-23,32H,7-11,13H2,1-6H3/t15-,18-,19+,20-,22-,23-,25+,26-,27-/m0/s1. The zero-order valence-corrected chi connectivity index (χ0v) is 22.4. The third kappa shape index (κ3) is 4.56. The first-order valence-electron chi connectivity index (χ1n) is 13.1. The maximum atomic E-state index is 12.8. The summed E-state index contributed by atoms with van der Waals surface area (Å²) in [5.41, 5.74) is -3.09. The van der Waals surface area contributed by atoms with Gasteiger partial charge in [-0.3, -0.25) is 19.2 Å². The fraction of sp³-hybridized carbons (Fsp3) is 0.778. The van der Waals surface area contributed by atoms with Crippen LogP contribution in [0.1, 0.15) is 73.6 Å². The predicted octanol–water partition coefficient (Wildman–Crippen LogP) is 2.39. The average molecular weight is 523 g/mol. The molecule has 0 bridgehead atoms. The molecule has 10 heteroatoms. The zero-order chi connectivity index (χ0) is 27.3. The van der Waals surface area contributed by atoms with Crippen molar-refractivity contribution in [3.05, 3.63) is 11.6 Å². The van der Waals surface area contributed by atoms with Crippen LogP contribution in [0.5, 0.6) is 0 Å². The van der Waals surface area contributed by atoms with Gasteiger partial charge in [-0.1, -0.05) is 19.4 Å². The van der Waals surface area contributed by atoms with Gasteiger partial charge in [0.25, 0.3) is 0 Å². The Morgan fingerprint density at radius 2 is 1.73 bits per heavy atom. The van der Waals surface area contributed by atoms with Crippen LogP contribution in [-0.4, -0.2) is 71.2 Å². The van der Waals surface area contributed by atoms with Crippen molar-refractivity contribution in [3.63, 3.8) is 0 Å². The molecule has 0 aromatic carbocycles. The molecule has 4 rings (SSSR count). The van der Waals surface area contributed by atoms with E-state index in [1.165, 1.54) is 13.8 Å². The van der Waals surface area contributed by atoms with Crippen molar-refractivity contribution in [2.24, 2.45) is 17.3 Å². The van der Waals surface area contributed by atoms with E-state index in [0.29, 0.717) is 32.3 Å². The summed E-state index contributed by atoms with van der Waals surface area (Å²) >= 11 is 0. The van der Waals surface area contributed by atoms with Gasteiger partial charge < -0.3 is 28.8 Å². The number of fused-ring (bicyclic) bond motifs is 3. The molecule has 9 atom stereocenters. The van der Waals surface area contributed by atoms with Gasteiger partial charge in [-0.25, -0.2) is 0 Å². The average Bonchev–Trinajstić information content (AvgIpc) is 3.55. The molecule has 206 valence electrons. The summed E-state index contributed by atoms with van der Waals surface area (Å²) in [6, 6.07) is 0. The molecular formula is C27H38O10. The molecule has 1 N–H and O–H groups in total. The molecule has 0 amide bonds. The summed E-state index contributed by atoms with van der Waals surface area (Å²) in [4.78, 5) is 50.3. The molecule has 0 aromatic rings. The Hall–Kier alpha value is -2.46. The Labute approximate surface area is 217 Å². The zero-order valence-electron chi connectivity index (χ0n) is 22.4. The van der Waals surface area contributed by atoms with Crippen LogP contribution in [-0.2, 0) is 42.9 Å². The van der Waals surface area contributed by atoms with Crippen LogP contribution in [0.4, 0.5) is 0 Å². The van der Waals surface area contributed by atoms with E-state index in [-0.39, 0.29) is 6.42 Å². The molecule has 0 unspecified atom stereocenters. The second kappa shape index (κ2) is 9.69. The lowest BCUT2D eigenvalue weighted by molar-refractivity contribution is -0.242. The first-order chi connectivity index (χ1) is 17.3. The minimum atomic E-state index is -1.94. The van der Waals surface area contributed by atoms with Crippen LogP contribution < -0.4 is 0 Å². The van der Waals surface area contributed by atoms with Gasteiger partial charge in [0.1, 0.15) is 18.3 Å². The predicted molar refractivity (Wildman–Crippen MR) is 128 cm³/mol. The van der Waals surface area contributed by atoms with E-state index in [9.17, 15) is 24.3 Å². The van der Waals surface area contributed by atoms with Crippen LogP contribution in [0.25, 0.3) is 0 Å². The van der Waals surface area contributed by atoms with Crippen LogP contribution in [0, 0.1) is 17.3 Å². The largest absolute Gasteiger partial charge is 0.462 e. The van der Waals surface area contributed by atoms with Crippen molar-refractivity contribution in [2.75, 3.05) is 6.61 Å². The normalized spacial score (nSPS) is 43.0. The molecule has 0 aromatic heterocycles. The molecule has 4 aliphatic rings. The van der Waals surface area contributed by atoms with Crippen molar-refractivity contribution in [1.82, 2.24) is 0 Å². The van der Waals surface area contributed by atoms with E-state index in [1.54, 1.807) is 19.9 Å². The number of carbonyl (C=O) groups is 4. The first-order valence-corrected chi connectivity index (χ1v) is 13.1. The number of aliphatic hydroxyl groups is 1. The molecule has 2 aliphatic heterocycles. The molecule has 2 saturated heterocycles. The highest BCUT2D eigenvalue weighted by Gasteiger charge is 2.74. The van der Waals surface area contributed by atoms with Gasteiger partial charge in [0.05, 0.1) is 23.5 Å². The number of ether oxygens (including phenoxy) is 5. The van der Waals surface area contributed by atoms with E-state index >= 15 is 0 Å². The molecular weight excluding hydrogens is 484 g/mol. The van der Waals surface area contributed by atoms with Gasteiger partial charge in [0.15, 0.2) is 11.7 Å². The van der Waals surface area contributed by atoms with Crippen molar-refractivity contribution in [2.45, 2.75) is 109 Å². The SMILES string of the molecule is CCC(=O)O[C@H]1CCC(C)=C[C@@H]2OC(=O)[C@H](C)[C@@]2(O)[C@@H](OC(C)=O)[C@@H]2[C@]3(CC[C@@H](OC(C)=O)[C@@]12C)CO3. The Morgan fingerprint density at radius 3 is 2.30 bits per heavy atom. The molecule has 0 radical (unpaired) electrons. The Morgan fingerprint density at radius 1 is 1.11 bits per heavy atom. The highest BCUT2D eigenvalue weighted by Crippen LogP contribution is 2.62. The van der Waals surface area contributed by atoms with E-state index in [2.05, 4.69) is 0 Å². The summed E-state index contributed by atoms with van der Waals surface area (Å²) in [6.45, 7) is 9.81. The lowest BCUT2D eigenvalue weighted by Crippen LogP contribution is -2.69. The fourth-order valence-corrected chi connectivity index (χ4v) is 6.80. The lowest BCUT2D eigenvalue weighted by atomic mass is 9.52. The minimum absolute atomic E-state index is 0.144. The number of rotatable bonds is 4. The Balaban J connectivity index is 1.99. The van der Waals surface area contributed by atoms with Crippen molar-refractivity contribution >= 4 is 23.9 Å². The summed E-state index contributed by atoms with van der Waals surface area (Å²) in [6.07, 6.45) is -0.246. The van der Waals surface area contributed by atoms with E-state index in [1.807, 2.05) is 13.8 Å². The second-order valence-electron chi connectivity index (χ2n) is 11.2. The number of esters is 4. The quantitative estimate of drug-likeness (QED) is 0.253. The topological polar surface area (TPSA) is 138 Å². The minimum Gasteiger partial charge on any atom is -0.462 e. The highest BCUT2D eigenvalue weighted by molar-refractivity contribution is 5.77. The van der Waals surface area contributed by atoms with Crippen LogP contribution in [0.2, 0.25) is 0 Å². The number of epoxide rings is 1. The van der Waals surface area contributed by atoms with Gasteiger partial charge in [-0.15, -0.1) is 0 Å². The summed E-state index contributed by atoms with van der Waals surface area (Å²) in [7, 11) is 0. The van der Waals surface area contributed by atoms with Gasteiger partial charge >= 0.3 is 23.9 Å². The van der Waals surface area contributed by atoms with Crippen molar-refractivity contribution in [1.29, 1.82) is 0 Å².